The summed E-state index contributed by atoms with van der Waals surface area (Å²) in [5.74, 6) is -0.435. The SMILES string of the molecule is O=C1S/C(=C\c2cccc(OCc3ccc([N+](=O)[O-])cc3)c2)C(=O)N1Cc1ccc(F)cc1Cl. The number of carbonyl (C=O) groups excluding carboxylic acids is 2. The van der Waals surface area contributed by atoms with Crippen LogP contribution in [-0.4, -0.2) is 21.0 Å². The number of hydrogen-bond donors (Lipinski definition) is 0. The molecule has 4 rings (SSSR count). The van der Waals surface area contributed by atoms with Crippen LogP contribution in [0.4, 0.5) is 14.9 Å². The number of ether oxygens (including phenoxy) is 1. The summed E-state index contributed by atoms with van der Waals surface area (Å²) >= 11 is 6.84. The van der Waals surface area contributed by atoms with Crippen molar-refractivity contribution < 1.29 is 23.6 Å². The molecule has 0 spiro atoms. The molecule has 7 nitrogen and oxygen atoms in total. The monoisotopic (exact) mass is 498 g/mol. The zero-order chi connectivity index (χ0) is 24.2. The molecule has 3 aromatic rings. The first-order valence-electron chi connectivity index (χ1n) is 9.95. The van der Waals surface area contributed by atoms with Gasteiger partial charge in [-0.05, 0) is 70.9 Å². The van der Waals surface area contributed by atoms with Crippen LogP contribution in [0.3, 0.4) is 0 Å². The van der Waals surface area contributed by atoms with Crippen molar-refractivity contribution in [2.45, 2.75) is 13.2 Å². The van der Waals surface area contributed by atoms with E-state index in [2.05, 4.69) is 0 Å². The molecule has 0 radical (unpaired) electrons. The average Bonchev–Trinajstić information content (AvgIpc) is 3.07. The summed E-state index contributed by atoms with van der Waals surface area (Å²) in [5, 5.41) is 10.5. The molecule has 0 aromatic heterocycles. The van der Waals surface area contributed by atoms with E-state index in [1.807, 2.05) is 0 Å². The minimum Gasteiger partial charge on any atom is -0.489 e. The Bertz CT molecular complexity index is 1310. The number of amides is 2. The van der Waals surface area contributed by atoms with E-state index in [4.69, 9.17) is 16.3 Å². The third-order valence-corrected chi connectivity index (χ3v) is 6.18. The molecule has 34 heavy (non-hydrogen) atoms. The van der Waals surface area contributed by atoms with Crippen molar-refractivity contribution in [1.82, 2.24) is 4.90 Å². The lowest BCUT2D eigenvalue weighted by Crippen LogP contribution is -2.27. The summed E-state index contributed by atoms with van der Waals surface area (Å²) in [4.78, 5) is 36.8. The first-order chi connectivity index (χ1) is 16.3. The van der Waals surface area contributed by atoms with Crippen molar-refractivity contribution >= 4 is 46.3 Å². The largest absolute Gasteiger partial charge is 0.489 e. The minimum absolute atomic E-state index is 0.00129. The van der Waals surface area contributed by atoms with Crippen molar-refractivity contribution in [2.24, 2.45) is 0 Å². The summed E-state index contributed by atoms with van der Waals surface area (Å²) < 4.78 is 19.0. The van der Waals surface area contributed by atoms with Gasteiger partial charge in [-0.3, -0.25) is 24.6 Å². The molecular formula is C24H16ClFN2O5S. The van der Waals surface area contributed by atoms with E-state index in [1.165, 1.54) is 24.3 Å². The molecular weight excluding hydrogens is 483 g/mol. The Kier molecular flexibility index (Phi) is 6.95. The van der Waals surface area contributed by atoms with E-state index in [0.29, 0.717) is 16.9 Å². The summed E-state index contributed by atoms with van der Waals surface area (Å²) in [7, 11) is 0. The summed E-state index contributed by atoms with van der Waals surface area (Å²) in [6.45, 7) is 0.149. The van der Waals surface area contributed by atoms with Crippen LogP contribution < -0.4 is 4.74 Å². The van der Waals surface area contributed by atoms with Crippen LogP contribution in [0.2, 0.25) is 5.02 Å². The molecule has 1 heterocycles. The van der Waals surface area contributed by atoms with Gasteiger partial charge in [-0.2, -0.15) is 0 Å². The third-order valence-electron chi connectivity index (χ3n) is 4.93. The van der Waals surface area contributed by atoms with Crippen LogP contribution in [0.1, 0.15) is 16.7 Å². The van der Waals surface area contributed by atoms with Gasteiger partial charge in [-0.25, -0.2) is 4.39 Å². The molecule has 1 aliphatic heterocycles. The number of nitrogens with zero attached hydrogens (tertiary/aromatic N) is 2. The predicted octanol–water partition coefficient (Wildman–Crippen LogP) is 6.20. The quantitative estimate of drug-likeness (QED) is 0.219. The fraction of sp³-hybridized carbons (Fsp3) is 0.0833. The molecule has 0 aliphatic carbocycles. The number of non-ortho nitro benzene ring substituents is 1. The Morgan fingerprint density at radius 3 is 2.56 bits per heavy atom. The molecule has 1 saturated heterocycles. The second-order valence-electron chi connectivity index (χ2n) is 7.29. The van der Waals surface area contributed by atoms with E-state index >= 15 is 0 Å². The van der Waals surface area contributed by atoms with E-state index in [-0.39, 0.29) is 28.8 Å². The zero-order valence-electron chi connectivity index (χ0n) is 17.4. The van der Waals surface area contributed by atoms with Gasteiger partial charge in [-0.1, -0.05) is 29.8 Å². The second kappa shape index (κ2) is 10.1. The van der Waals surface area contributed by atoms with Crippen LogP contribution in [0, 0.1) is 15.9 Å². The smallest absolute Gasteiger partial charge is 0.293 e. The van der Waals surface area contributed by atoms with Crippen LogP contribution in [0.15, 0.2) is 71.6 Å². The number of nitro benzene ring substituents is 1. The third kappa shape index (κ3) is 5.44. The highest BCUT2D eigenvalue weighted by Crippen LogP contribution is 2.34. The topological polar surface area (TPSA) is 89.7 Å². The Morgan fingerprint density at radius 2 is 1.85 bits per heavy atom. The van der Waals surface area contributed by atoms with Gasteiger partial charge in [0.05, 0.1) is 16.4 Å². The Hall–Kier alpha value is -3.69. The molecule has 2 amide bonds. The van der Waals surface area contributed by atoms with E-state index in [0.717, 1.165) is 28.3 Å². The number of halogens is 2. The number of benzene rings is 3. The van der Waals surface area contributed by atoms with E-state index in [1.54, 1.807) is 42.5 Å². The first kappa shape index (κ1) is 23.5. The highest BCUT2D eigenvalue weighted by atomic mass is 35.5. The molecule has 0 N–H and O–H groups in total. The van der Waals surface area contributed by atoms with Gasteiger partial charge in [0.15, 0.2) is 0 Å². The maximum Gasteiger partial charge on any atom is 0.293 e. The standard InChI is InChI=1S/C24H16ClFN2O5S/c25-21-12-18(26)7-6-17(21)13-27-23(29)22(34-24(27)30)11-16-2-1-3-20(10-16)33-14-15-4-8-19(9-5-15)28(31)32/h1-12H,13-14H2/b22-11-. The molecule has 1 aliphatic rings. The molecule has 0 unspecified atom stereocenters. The van der Waals surface area contributed by atoms with Crippen molar-refractivity contribution in [2.75, 3.05) is 0 Å². The van der Waals surface area contributed by atoms with Gasteiger partial charge in [0.2, 0.25) is 0 Å². The van der Waals surface area contributed by atoms with Crippen LogP contribution in [0.5, 0.6) is 5.75 Å². The Morgan fingerprint density at radius 1 is 1.09 bits per heavy atom. The Labute approximate surface area is 202 Å². The fourth-order valence-corrected chi connectivity index (χ4v) is 4.25. The number of imide groups is 1. The lowest BCUT2D eigenvalue weighted by Gasteiger charge is -2.13. The van der Waals surface area contributed by atoms with Gasteiger partial charge >= 0.3 is 0 Å². The predicted molar refractivity (Wildman–Crippen MR) is 127 cm³/mol. The van der Waals surface area contributed by atoms with Gasteiger partial charge in [0.25, 0.3) is 16.8 Å². The summed E-state index contributed by atoms with van der Waals surface area (Å²) in [6, 6.07) is 16.8. The molecule has 172 valence electrons. The maximum absolute atomic E-state index is 13.3. The van der Waals surface area contributed by atoms with Gasteiger partial charge in [0, 0.05) is 17.2 Å². The normalized spacial score (nSPS) is 14.6. The van der Waals surface area contributed by atoms with Gasteiger partial charge in [0.1, 0.15) is 18.2 Å². The molecule has 0 bridgehead atoms. The van der Waals surface area contributed by atoms with Crippen molar-refractivity contribution in [3.63, 3.8) is 0 Å². The number of carbonyl (C=O) groups is 2. The van der Waals surface area contributed by atoms with Crippen molar-refractivity contribution in [3.8, 4) is 5.75 Å². The maximum atomic E-state index is 13.3. The summed E-state index contributed by atoms with van der Waals surface area (Å²) in [5.41, 5.74) is 1.89. The highest BCUT2D eigenvalue weighted by molar-refractivity contribution is 8.18. The van der Waals surface area contributed by atoms with Gasteiger partial charge < -0.3 is 4.74 Å². The van der Waals surface area contributed by atoms with Crippen molar-refractivity contribution in [3.05, 3.63) is 109 Å². The fourth-order valence-electron chi connectivity index (χ4n) is 3.18. The number of rotatable bonds is 7. The van der Waals surface area contributed by atoms with E-state index in [9.17, 15) is 24.1 Å². The first-order valence-corrected chi connectivity index (χ1v) is 11.1. The zero-order valence-corrected chi connectivity index (χ0v) is 19.0. The van der Waals surface area contributed by atoms with Crippen LogP contribution in [-0.2, 0) is 17.9 Å². The molecule has 3 aromatic carbocycles. The highest BCUT2D eigenvalue weighted by Gasteiger charge is 2.35. The van der Waals surface area contributed by atoms with E-state index < -0.39 is 21.9 Å². The number of nitro groups is 1. The minimum atomic E-state index is -0.501. The number of thioether (sulfide) groups is 1. The van der Waals surface area contributed by atoms with Crippen LogP contribution >= 0.6 is 23.4 Å². The lowest BCUT2D eigenvalue weighted by molar-refractivity contribution is -0.384. The lowest BCUT2D eigenvalue weighted by atomic mass is 10.2. The Balaban J connectivity index is 1.44. The molecule has 0 saturated carbocycles. The second-order valence-corrected chi connectivity index (χ2v) is 8.69. The average molecular weight is 499 g/mol. The van der Waals surface area contributed by atoms with Crippen molar-refractivity contribution in [1.29, 1.82) is 0 Å². The summed E-state index contributed by atoms with van der Waals surface area (Å²) in [6.07, 6.45) is 1.59. The number of hydrogen-bond acceptors (Lipinski definition) is 6. The van der Waals surface area contributed by atoms with Crippen LogP contribution in [0.25, 0.3) is 6.08 Å². The molecule has 1 fully saturated rings. The molecule has 0 atom stereocenters. The van der Waals surface area contributed by atoms with Gasteiger partial charge in [-0.15, -0.1) is 0 Å². The molecule has 10 heteroatoms.